The average Bonchev–Trinajstić information content (AvgIpc) is 2.32. The predicted octanol–water partition coefficient (Wildman–Crippen LogP) is 0.715. The van der Waals surface area contributed by atoms with E-state index in [2.05, 4.69) is 22.2 Å². The van der Waals surface area contributed by atoms with Crippen LogP contribution in [0.4, 0.5) is 5.69 Å². The van der Waals surface area contributed by atoms with Gasteiger partial charge in [-0.2, -0.15) is 5.10 Å². The third-order valence-electron chi connectivity index (χ3n) is 2.98. The fourth-order valence-corrected chi connectivity index (χ4v) is 2.32. The van der Waals surface area contributed by atoms with Crippen molar-refractivity contribution in [2.45, 2.75) is 26.4 Å². The first-order valence-corrected chi connectivity index (χ1v) is 6.25. The van der Waals surface area contributed by atoms with Gasteiger partial charge < -0.3 is 10.2 Å². The van der Waals surface area contributed by atoms with Crippen LogP contribution in [-0.4, -0.2) is 35.5 Å². The van der Waals surface area contributed by atoms with Gasteiger partial charge in [0.1, 0.15) is 5.02 Å². The second-order valence-corrected chi connectivity index (χ2v) is 4.64. The minimum Gasteiger partial charge on any atom is -0.366 e. The first-order chi connectivity index (χ1) is 8.13. The van der Waals surface area contributed by atoms with Crippen LogP contribution < -0.4 is 15.8 Å². The lowest BCUT2D eigenvalue weighted by molar-refractivity contribution is 0.483. The van der Waals surface area contributed by atoms with Crippen LogP contribution in [0.1, 0.15) is 13.8 Å². The number of piperazine rings is 1. The molecule has 5 nitrogen and oxygen atoms in total. The van der Waals surface area contributed by atoms with Gasteiger partial charge in [-0.1, -0.05) is 11.6 Å². The molecule has 0 bridgehead atoms. The van der Waals surface area contributed by atoms with Crippen molar-refractivity contribution in [1.29, 1.82) is 0 Å². The number of nitrogens with zero attached hydrogens (tertiary/aromatic N) is 3. The Bertz CT molecular complexity index is 459. The third kappa shape index (κ3) is 2.45. The van der Waals surface area contributed by atoms with Crippen molar-refractivity contribution >= 4 is 17.3 Å². The fraction of sp³-hybridized carbons (Fsp3) is 0.636. The summed E-state index contributed by atoms with van der Waals surface area (Å²) >= 11 is 6.12. The molecule has 1 aromatic heterocycles. The summed E-state index contributed by atoms with van der Waals surface area (Å²) in [5.74, 6) is 0. The van der Waals surface area contributed by atoms with Crippen LogP contribution in [0.25, 0.3) is 0 Å². The number of aromatic nitrogens is 2. The first-order valence-electron chi connectivity index (χ1n) is 5.87. The van der Waals surface area contributed by atoms with Crippen LogP contribution in [0.5, 0.6) is 0 Å². The highest BCUT2D eigenvalue weighted by atomic mass is 35.5. The van der Waals surface area contributed by atoms with Gasteiger partial charge in [-0.3, -0.25) is 4.79 Å². The Balaban J connectivity index is 2.33. The zero-order valence-electron chi connectivity index (χ0n) is 10.1. The van der Waals surface area contributed by atoms with E-state index in [1.807, 2.05) is 6.92 Å². The second kappa shape index (κ2) is 5.06. The molecule has 1 saturated heterocycles. The largest absolute Gasteiger partial charge is 0.366 e. The fourth-order valence-electron chi connectivity index (χ4n) is 2.05. The molecule has 0 aromatic carbocycles. The number of anilines is 1. The molecular weight excluding hydrogens is 240 g/mol. The minimum atomic E-state index is -0.210. The Labute approximate surface area is 105 Å². The minimum absolute atomic E-state index is 0.210. The van der Waals surface area contributed by atoms with E-state index in [1.54, 1.807) is 6.20 Å². The van der Waals surface area contributed by atoms with E-state index >= 15 is 0 Å². The molecule has 0 saturated carbocycles. The number of halogens is 1. The first kappa shape index (κ1) is 12.4. The van der Waals surface area contributed by atoms with Crippen molar-refractivity contribution < 1.29 is 0 Å². The normalized spacial score (nSPS) is 20.6. The maximum Gasteiger partial charge on any atom is 0.287 e. The number of aryl methyl sites for hydroxylation is 1. The lowest BCUT2D eigenvalue weighted by atomic mass is 10.2. The summed E-state index contributed by atoms with van der Waals surface area (Å²) in [5, 5.41) is 7.74. The molecule has 94 valence electrons. The van der Waals surface area contributed by atoms with Crippen molar-refractivity contribution in [3.05, 3.63) is 21.6 Å². The molecule has 1 aromatic rings. The van der Waals surface area contributed by atoms with Crippen molar-refractivity contribution in [3.8, 4) is 0 Å². The Hall–Kier alpha value is -1.07. The molecule has 0 amide bonds. The van der Waals surface area contributed by atoms with Crippen LogP contribution in [-0.2, 0) is 6.54 Å². The highest BCUT2D eigenvalue weighted by Gasteiger charge is 2.20. The van der Waals surface area contributed by atoms with Crippen molar-refractivity contribution in [2.75, 3.05) is 24.5 Å². The molecule has 1 fully saturated rings. The predicted molar refractivity (Wildman–Crippen MR) is 68.9 cm³/mol. The van der Waals surface area contributed by atoms with Gasteiger partial charge in [0.2, 0.25) is 0 Å². The van der Waals surface area contributed by atoms with Gasteiger partial charge in [0, 0.05) is 32.2 Å². The molecule has 2 heterocycles. The van der Waals surface area contributed by atoms with E-state index in [9.17, 15) is 4.79 Å². The molecule has 1 N–H and O–H groups in total. The maximum atomic E-state index is 11.9. The number of hydrogen-bond acceptors (Lipinski definition) is 4. The summed E-state index contributed by atoms with van der Waals surface area (Å²) in [4.78, 5) is 14.0. The molecule has 17 heavy (non-hydrogen) atoms. The van der Waals surface area contributed by atoms with Gasteiger partial charge in [-0.15, -0.1) is 0 Å². The number of nitrogens with one attached hydrogen (secondary N) is 1. The quantitative estimate of drug-likeness (QED) is 0.847. The highest BCUT2D eigenvalue weighted by molar-refractivity contribution is 6.33. The Morgan fingerprint density at radius 3 is 3.06 bits per heavy atom. The SMILES string of the molecule is CCn1ncc(N2CCN[C@@H](C)C2)c(Cl)c1=O. The lowest BCUT2D eigenvalue weighted by Crippen LogP contribution is -2.49. The summed E-state index contributed by atoms with van der Waals surface area (Å²) in [6.45, 7) is 7.11. The Kier molecular flexibility index (Phi) is 3.69. The zero-order chi connectivity index (χ0) is 12.4. The summed E-state index contributed by atoms with van der Waals surface area (Å²) in [6, 6.07) is 0.397. The Morgan fingerprint density at radius 2 is 2.41 bits per heavy atom. The summed E-state index contributed by atoms with van der Waals surface area (Å²) in [6.07, 6.45) is 1.69. The van der Waals surface area contributed by atoms with Gasteiger partial charge in [0.15, 0.2) is 0 Å². The number of rotatable bonds is 2. The molecule has 2 rings (SSSR count). The van der Waals surface area contributed by atoms with E-state index in [0.29, 0.717) is 12.6 Å². The third-order valence-corrected chi connectivity index (χ3v) is 3.33. The smallest absolute Gasteiger partial charge is 0.287 e. The molecule has 0 radical (unpaired) electrons. The maximum absolute atomic E-state index is 11.9. The average molecular weight is 257 g/mol. The highest BCUT2D eigenvalue weighted by Crippen LogP contribution is 2.21. The molecule has 1 atom stereocenters. The van der Waals surface area contributed by atoms with Gasteiger partial charge >= 0.3 is 0 Å². The monoisotopic (exact) mass is 256 g/mol. The molecule has 1 aliphatic heterocycles. The molecular formula is C11H17ClN4O. The van der Waals surface area contributed by atoms with Crippen molar-refractivity contribution in [3.63, 3.8) is 0 Å². The molecule has 1 aliphatic rings. The van der Waals surface area contributed by atoms with Gasteiger partial charge in [-0.05, 0) is 13.8 Å². The van der Waals surface area contributed by atoms with Crippen LogP contribution in [0.2, 0.25) is 5.02 Å². The van der Waals surface area contributed by atoms with Crippen molar-refractivity contribution in [2.24, 2.45) is 0 Å². The van der Waals surface area contributed by atoms with E-state index in [0.717, 1.165) is 25.3 Å². The van der Waals surface area contributed by atoms with E-state index in [4.69, 9.17) is 11.6 Å². The summed E-state index contributed by atoms with van der Waals surface area (Å²) in [7, 11) is 0. The Morgan fingerprint density at radius 1 is 1.65 bits per heavy atom. The van der Waals surface area contributed by atoms with Crippen LogP contribution >= 0.6 is 11.6 Å². The van der Waals surface area contributed by atoms with Gasteiger partial charge in [0.25, 0.3) is 5.56 Å². The molecule has 0 unspecified atom stereocenters. The molecule has 0 spiro atoms. The van der Waals surface area contributed by atoms with Gasteiger partial charge in [0.05, 0.1) is 11.9 Å². The zero-order valence-corrected chi connectivity index (χ0v) is 10.9. The van der Waals surface area contributed by atoms with Crippen LogP contribution in [0.3, 0.4) is 0 Å². The van der Waals surface area contributed by atoms with Crippen LogP contribution in [0.15, 0.2) is 11.0 Å². The molecule has 6 heteroatoms. The standard InChI is InChI=1S/C11H17ClN4O/c1-3-16-11(17)10(12)9(6-14-16)15-5-4-13-8(2)7-15/h6,8,13H,3-5,7H2,1-2H3/t8-/m0/s1. The topological polar surface area (TPSA) is 50.2 Å². The summed E-state index contributed by atoms with van der Waals surface area (Å²) in [5.41, 5.74) is 0.535. The van der Waals surface area contributed by atoms with E-state index < -0.39 is 0 Å². The van der Waals surface area contributed by atoms with E-state index in [-0.39, 0.29) is 10.6 Å². The van der Waals surface area contributed by atoms with Gasteiger partial charge in [-0.25, -0.2) is 4.68 Å². The van der Waals surface area contributed by atoms with Crippen molar-refractivity contribution in [1.82, 2.24) is 15.1 Å². The lowest BCUT2D eigenvalue weighted by Gasteiger charge is -2.33. The second-order valence-electron chi connectivity index (χ2n) is 4.27. The molecule has 0 aliphatic carbocycles. The number of hydrogen-bond donors (Lipinski definition) is 1. The summed E-state index contributed by atoms with van der Waals surface area (Å²) < 4.78 is 1.37. The van der Waals surface area contributed by atoms with Crippen LogP contribution in [0, 0.1) is 0 Å². The van der Waals surface area contributed by atoms with E-state index in [1.165, 1.54) is 4.68 Å².